The Kier molecular flexibility index (Phi) is 4.62. The van der Waals surface area contributed by atoms with E-state index in [4.69, 9.17) is 0 Å². The van der Waals surface area contributed by atoms with Crippen LogP contribution in [0.5, 0.6) is 0 Å². The maximum atomic E-state index is 12.2. The van der Waals surface area contributed by atoms with Crippen molar-refractivity contribution in [1.82, 2.24) is 15.5 Å². The number of amides is 1. The first-order valence-electron chi connectivity index (χ1n) is 7.38. The molecule has 0 spiro atoms. The van der Waals surface area contributed by atoms with Gasteiger partial charge in [-0.05, 0) is 59.2 Å². The monoisotopic (exact) mass is 253 g/mol. The van der Waals surface area contributed by atoms with Crippen molar-refractivity contribution in [1.29, 1.82) is 0 Å². The van der Waals surface area contributed by atoms with E-state index in [0.717, 1.165) is 25.9 Å². The predicted molar refractivity (Wildman–Crippen MR) is 73.5 cm³/mol. The molecule has 104 valence electrons. The van der Waals surface area contributed by atoms with Gasteiger partial charge in [0.2, 0.25) is 5.91 Å². The highest BCUT2D eigenvalue weighted by Gasteiger charge is 2.36. The largest absolute Gasteiger partial charge is 0.351 e. The number of carbonyl (C=O) groups is 1. The van der Waals surface area contributed by atoms with Gasteiger partial charge in [-0.1, -0.05) is 6.42 Å². The predicted octanol–water partition coefficient (Wildman–Crippen LogP) is 1.12. The topological polar surface area (TPSA) is 44.4 Å². The Balaban J connectivity index is 1.76. The fourth-order valence-electron chi connectivity index (χ4n) is 3.05. The molecule has 4 nitrogen and oxygen atoms in total. The normalized spacial score (nSPS) is 31.2. The number of piperidine rings is 1. The Morgan fingerprint density at radius 2 is 2.06 bits per heavy atom. The molecule has 0 aromatic carbocycles. The van der Waals surface area contributed by atoms with Crippen LogP contribution in [0.15, 0.2) is 0 Å². The summed E-state index contributed by atoms with van der Waals surface area (Å²) in [5.41, 5.74) is -0.337. The van der Waals surface area contributed by atoms with Crippen molar-refractivity contribution in [2.24, 2.45) is 0 Å². The molecule has 0 aromatic rings. The van der Waals surface area contributed by atoms with Crippen LogP contribution in [0.3, 0.4) is 0 Å². The summed E-state index contributed by atoms with van der Waals surface area (Å²) in [4.78, 5) is 14.7. The van der Waals surface area contributed by atoms with Crippen LogP contribution in [0.25, 0.3) is 0 Å². The minimum atomic E-state index is -0.337. The van der Waals surface area contributed by atoms with Crippen molar-refractivity contribution in [3.63, 3.8) is 0 Å². The Labute approximate surface area is 110 Å². The highest BCUT2D eigenvalue weighted by molar-refractivity contribution is 5.86. The minimum Gasteiger partial charge on any atom is -0.351 e. The average Bonchev–Trinajstić information content (AvgIpc) is 2.78. The zero-order valence-corrected chi connectivity index (χ0v) is 11.8. The Bertz CT molecular complexity index is 281. The first-order chi connectivity index (χ1) is 8.60. The van der Waals surface area contributed by atoms with Crippen molar-refractivity contribution < 1.29 is 4.79 Å². The van der Waals surface area contributed by atoms with Crippen LogP contribution >= 0.6 is 0 Å². The highest BCUT2D eigenvalue weighted by atomic mass is 16.2. The number of rotatable bonds is 4. The molecule has 0 saturated carbocycles. The number of hydrogen-bond donors (Lipinski definition) is 2. The number of hydrogen-bond acceptors (Lipinski definition) is 3. The zero-order valence-electron chi connectivity index (χ0n) is 11.8. The lowest BCUT2D eigenvalue weighted by Gasteiger charge is -2.31. The van der Waals surface area contributed by atoms with Crippen molar-refractivity contribution >= 4 is 5.91 Å². The van der Waals surface area contributed by atoms with E-state index in [-0.39, 0.29) is 17.5 Å². The molecule has 2 unspecified atom stereocenters. The second kappa shape index (κ2) is 6.02. The van der Waals surface area contributed by atoms with E-state index in [1.807, 2.05) is 6.92 Å². The Morgan fingerprint density at radius 3 is 2.67 bits per heavy atom. The van der Waals surface area contributed by atoms with Crippen molar-refractivity contribution in [2.75, 3.05) is 26.2 Å². The first kappa shape index (κ1) is 13.8. The number of likely N-dealkylation sites (tertiary alicyclic amines) is 1. The molecule has 2 heterocycles. The van der Waals surface area contributed by atoms with Gasteiger partial charge in [0.25, 0.3) is 0 Å². The lowest BCUT2D eigenvalue weighted by atomic mass is 9.99. The van der Waals surface area contributed by atoms with E-state index in [9.17, 15) is 4.79 Å². The fourth-order valence-corrected chi connectivity index (χ4v) is 3.05. The Morgan fingerprint density at radius 1 is 1.33 bits per heavy atom. The first-order valence-corrected chi connectivity index (χ1v) is 7.38. The highest BCUT2D eigenvalue weighted by Crippen LogP contribution is 2.18. The molecule has 2 fully saturated rings. The quantitative estimate of drug-likeness (QED) is 0.789. The standard InChI is InChI=1S/C14H27N3O/c1-12(11-17-9-4-3-5-10-17)16-13(18)14(2)7-6-8-15-14/h12,15H,3-11H2,1-2H3,(H,16,18). The molecule has 2 atom stereocenters. The molecule has 1 amide bonds. The smallest absolute Gasteiger partial charge is 0.240 e. The van der Waals surface area contributed by atoms with Crippen LogP contribution in [-0.2, 0) is 4.79 Å². The molecular weight excluding hydrogens is 226 g/mol. The van der Waals surface area contributed by atoms with Gasteiger partial charge in [0, 0.05) is 12.6 Å². The molecule has 0 aliphatic carbocycles. The number of nitrogens with zero attached hydrogens (tertiary/aromatic N) is 1. The fraction of sp³-hybridized carbons (Fsp3) is 0.929. The second-order valence-corrected chi connectivity index (χ2v) is 6.10. The van der Waals surface area contributed by atoms with Gasteiger partial charge in [-0.3, -0.25) is 4.79 Å². The van der Waals surface area contributed by atoms with E-state index in [0.29, 0.717) is 0 Å². The van der Waals surface area contributed by atoms with Crippen molar-refractivity contribution in [3.8, 4) is 0 Å². The van der Waals surface area contributed by atoms with Crippen LogP contribution in [0.4, 0.5) is 0 Å². The van der Waals surface area contributed by atoms with E-state index >= 15 is 0 Å². The molecule has 2 aliphatic heterocycles. The van der Waals surface area contributed by atoms with E-state index in [1.54, 1.807) is 0 Å². The average molecular weight is 253 g/mol. The van der Waals surface area contributed by atoms with E-state index < -0.39 is 0 Å². The van der Waals surface area contributed by atoms with Crippen LogP contribution in [0.2, 0.25) is 0 Å². The van der Waals surface area contributed by atoms with Crippen LogP contribution < -0.4 is 10.6 Å². The van der Waals surface area contributed by atoms with Gasteiger partial charge in [-0.15, -0.1) is 0 Å². The molecule has 0 aromatic heterocycles. The maximum absolute atomic E-state index is 12.2. The van der Waals surface area contributed by atoms with Gasteiger partial charge in [-0.25, -0.2) is 0 Å². The van der Waals surface area contributed by atoms with Gasteiger partial charge in [0.15, 0.2) is 0 Å². The SMILES string of the molecule is CC(CN1CCCCC1)NC(=O)C1(C)CCCN1. The third kappa shape index (κ3) is 3.45. The zero-order chi connectivity index (χ0) is 13.0. The summed E-state index contributed by atoms with van der Waals surface area (Å²) < 4.78 is 0. The lowest BCUT2D eigenvalue weighted by molar-refractivity contribution is -0.127. The molecule has 0 radical (unpaired) electrons. The third-order valence-corrected chi connectivity index (χ3v) is 4.23. The van der Waals surface area contributed by atoms with E-state index in [2.05, 4.69) is 22.5 Å². The molecule has 2 N–H and O–H groups in total. The summed E-state index contributed by atoms with van der Waals surface area (Å²) >= 11 is 0. The molecule has 0 bridgehead atoms. The van der Waals surface area contributed by atoms with Crippen LogP contribution in [0.1, 0.15) is 46.0 Å². The van der Waals surface area contributed by atoms with Crippen molar-refractivity contribution in [3.05, 3.63) is 0 Å². The number of carbonyl (C=O) groups excluding carboxylic acids is 1. The summed E-state index contributed by atoms with van der Waals surface area (Å²) in [6, 6.07) is 0.245. The van der Waals surface area contributed by atoms with Crippen molar-refractivity contribution in [2.45, 2.75) is 57.5 Å². The maximum Gasteiger partial charge on any atom is 0.240 e. The third-order valence-electron chi connectivity index (χ3n) is 4.23. The van der Waals surface area contributed by atoms with Gasteiger partial charge in [-0.2, -0.15) is 0 Å². The van der Waals surface area contributed by atoms with E-state index in [1.165, 1.54) is 32.4 Å². The summed E-state index contributed by atoms with van der Waals surface area (Å²) in [5, 5.41) is 6.48. The van der Waals surface area contributed by atoms with Crippen LogP contribution in [0, 0.1) is 0 Å². The lowest BCUT2D eigenvalue weighted by Crippen LogP contribution is -2.55. The van der Waals surface area contributed by atoms with Gasteiger partial charge < -0.3 is 15.5 Å². The van der Waals surface area contributed by atoms with Gasteiger partial charge >= 0.3 is 0 Å². The van der Waals surface area contributed by atoms with Gasteiger partial charge in [0.1, 0.15) is 0 Å². The molecule has 2 rings (SSSR count). The number of nitrogens with one attached hydrogen (secondary N) is 2. The molecule has 2 aliphatic rings. The summed E-state index contributed by atoms with van der Waals surface area (Å²) in [7, 11) is 0. The van der Waals surface area contributed by atoms with Gasteiger partial charge in [0.05, 0.1) is 5.54 Å². The van der Waals surface area contributed by atoms with Crippen LogP contribution in [-0.4, -0.2) is 48.6 Å². The molecule has 4 heteroatoms. The molecule has 2 saturated heterocycles. The molecular formula is C14H27N3O. The summed E-state index contributed by atoms with van der Waals surface area (Å²) in [6.45, 7) is 8.46. The summed E-state index contributed by atoms with van der Waals surface area (Å²) in [5.74, 6) is 0.171. The minimum absolute atomic E-state index is 0.171. The second-order valence-electron chi connectivity index (χ2n) is 6.10. The molecule has 18 heavy (non-hydrogen) atoms. The Hall–Kier alpha value is -0.610. The summed E-state index contributed by atoms with van der Waals surface area (Å²) in [6.07, 6.45) is 6.03.